The maximum Gasteiger partial charge on any atom is 0.303 e. The zero-order valence-corrected chi connectivity index (χ0v) is 14.8. The molecule has 26 heavy (non-hydrogen) atoms. The number of hydrogen-bond donors (Lipinski definition) is 2. The van der Waals surface area contributed by atoms with E-state index in [1.54, 1.807) is 24.3 Å². The van der Waals surface area contributed by atoms with Crippen molar-refractivity contribution >= 4 is 17.6 Å². The van der Waals surface area contributed by atoms with E-state index in [0.29, 0.717) is 18.8 Å². The van der Waals surface area contributed by atoms with Crippen LogP contribution in [0.4, 0.5) is 5.69 Å². The average Bonchev–Trinajstić information content (AvgIpc) is 3.42. The van der Waals surface area contributed by atoms with Crippen molar-refractivity contribution in [1.82, 2.24) is 0 Å². The van der Waals surface area contributed by atoms with Gasteiger partial charge in [0.2, 0.25) is 5.91 Å². The van der Waals surface area contributed by atoms with E-state index in [-0.39, 0.29) is 12.3 Å². The summed E-state index contributed by atoms with van der Waals surface area (Å²) in [6.45, 7) is 2.39. The quantitative estimate of drug-likeness (QED) is 0.706. The summed E-state index contributed by atoms with van der Waals surface area (Å²) in [6.07, 6.45) is 2.29. The van der Waals surface area contributed by atoms with Crippen molar-refractivity contribution in [2.75, 3.05) is 11.9 Å². The molecule has 2 aromatic rings. The van der Waals surface area contributed by atoms with E-state index in [0.717, 1.165) is 29.7 Å². The monoisotopic (exact) mass is 353 g/mol. The van der Waals surface area contributed by atoms with Crippen LogP contribution in [0.2, 0.25) is 0 Å². The van der Waals surface area contributed by atoms with E-state index in [4.69, 9.17) is 9.84 Å². The lowest BCUT2D eigenvalue weighted by atomic mass is 9.93. The second-order valence-corrected chi connectivity index (χ2v) is 6.78. The van der Waals surface area contributed by atoms with Crippen LogP contribution in [0.5, 0.6) is 5.75 Å². The van der Waals surface area contributed by atoms with Crippen LogP contribution < -0.4 is 10.1 Å². The number of benzene rings is 2. The highest BCUT2D eigenvalue weighted by Gasteiger charge is 2.51. The van der Waals surface area contributed by atoms with Crippen LogP contribution in [0, 0.1) is 6.92 Å². The predicted molar refractivity (Wildman–Crippen MR) is 99.5 cm³/mol. The summed E-state index contributed by atoms with van der Waals surface area (Å²) in [5, 5.41) is 11.6. The van der Waals surface area contributed by atoms with Crippen molar-refractivity contribution in [3.8, 4) is 5.75 Å². The van der Waals surface area contributed by atoms with Crippen LogP contribution in [0.3, 0.4) is 0 Å². The molecule has 0 unspecified atom stereocenters. The first-order valence-corrected chi connectivity index (χ1v) is 8.83. The van der Waals surface area contributed by atoms with Gasteiger partial charge < -0.3 is 15.2 Å². The minimum atomic E-state index is -0.825. The lowest BCUT2D eigenvalue weighted by Gasteiger charge is -2.16. The largest absolute Gasteiger partial charge is 0.494 e. The first-order chi connectivity index (χ1) is 12.5. The van der Waals surface area contributed by atoms with Crippen molar-refractivity contribution < 1.29 is 19.4 Å². The molecular weight excluding hydrogens is 330 g/mol. The molecule has 5 nitrogen and oxygen atoms in total. The Kier molecular flexibility index (Phi) is 5.26. The molecule has 0 saturated heterocycles. The number of rotatable bonds is 8. The van der Waals surface area contributed by atoms with E-state index in [9.17, 15) is 9.59 Å². The number of aliphatic carboxylic acids is 1. The number of aryl methyl sites for hydroxylation is 1. The molecule has 1 fully saturated rings. The van der Waals surface area contributed by atoms with Crippen LogP contribution in [-0.4, -0.2) is 23.6 Å². The van der Waals surface area contributed by atoms with Crippen molar-refractivity contribution in [3.63, 3.8) is 0 Å². The van der Waals surface area contributed by atoms with Gasteiger partial charge in [0, 0.05) is 12.1 Å². The molecule has 1 amide bonds. The van der Waals surface area contributed by atoms with Gasteiger partial charge in [-0.2, -0.15) is 0 Å². The summed E-state index contributed by atoms with van der Waals surface area (Å²) in [5.41, 5.74) is 2.56. The SMILES string of the molecule is Cc1cccc(C2(C(=O)Nc3ccc(OCCCC(=O)O)cc3)CC2)c1. The summed E-state index contributed by atoms with van der Waals surface area (Å²) < 4.78 is 5.50. The second kappa shape index (κ2) is 7.60. The second-order valence-electron chi connectivity index (χ2n) is 6.78. The predicted octanol–water partition coefficient (Wildman–Crippen LogP) is 3.91. The third-order valence-corrected chi connectivity index (χ3v) is 4.67. The van der Waals surface area contributed by atoms with Crippen LogP contribution in [0.1, 0.15) is 36.8 Å². The molecule has 1 aliphatic rings. The zero-order valence-electron chi connectivity index (χ0n) is 14.8. The Hall–Kier alpha value is -2.82. The number of amides is 1. The van der Waals surface area contributed by atoms with Crippen molar-refractivity contribution in [2.24, 2.45) is 0 Å². The lowest BCUT2D eigenvalue weighted by Crippen LogP contribution is -2.27. The Bertz CT molecular complexity index is 794. The molecule has 0 spiro atoms. The molecule has 2 aromatic carbocycles. The van der Waals surface area contributed by atoms with Gasteiger partial charge in [0.1, 0.15) is 5.75 Å². The molecule has 0 bridgehead atoms. The molecular formula is C21H23NO4. The van der Waals surface area contributed by atoms with Crippen molar-refractivity contribution in [2.45, 2.75) is 38.0 Å². The highest BCUT2D eigenvalue weighted by atomic mass is 16.5. The number of nitrogens with one attached hydrogen (secondary N) is 1. The number of hydrogen-bond acceptors (Lipinski definition) is 3. The zero-order chi connectivity index (χ0) is 18.6. The summed E-state index contributed by atoms with van der Waals surface area (Å²) in [5.74, 6) is -0.138. The smallest absolute Gasteiger partial charge is 0.303 e. The first kappa shape index (κ1) is 18.0. The Labute approximate surface area is 153 Å². The molecule has 1 saturated carbocycles. The Morgan fingerprint density at radius 1 is 1.15 bits per heavy atom. The maximum atomic E-state index is 12.8. The van der Waals surface area contributed by atoms with Gasteiger partial charge in [-0.3, -0.25) is 9.59 Å². The molecule has 136 valence electrons. The summed E-state index contributed by atoms with van der Waals surface area (Å²) in [6, 6.07) is 15.3. The topological polar surface area (TPSA) is 75.6 Å². The fourth-order valence-corrected chi connectivity index (χ4v) is 3.01. The maximum absolute atomic E-state index is 12.8. The molecule has 5 heteroatoms. The van der Waals surface area contributed by atoms with Crippen molar-refractivity contribution in [1.29, 1.82) is 0 Å². The normalized spacial score (nSPS) is 14.5. The first-order valence-electron chi connectivity index (χ1n) is 8.83. The number of carboxylic acid groups (broad SMARTS) is 1. The van der Waals surface area contributed by atoms with E-state index >= 15 is 0 Å². The van der Waals surface area contributed by atoms with Gasteiger partial charge in [-0.15, -0.1) is 0 Å². The van der Waals surface area contributed by atoms with Crippen LogP contribution in [0.15, 0.2) is 48.5 Å². The van der Waals surface area contributed by atoms with Gasteiger partial charge in [-0.05, 0) is 56.0 Å². The van der Waals surface area contributed by atoms with Gasteiger partial charge in [-0.25, -0.2) is 0 Å². The van der Waals surface area contributed by atoms with Crippen LogP contribution in [0.25, 0.3) is 0 Å². The number of carbonyl (C=O) groups excluding carboxylic acids is 1. The van der Waals surface area contributed by atoms with E-state index in [1.807, 2.05) is 25.1 Å². The lowest BCUT2D eigenvalue weighted by molar-refractivity contribution is -0.137. The average molecular weight is 353 g/mol. The Morgan fingerprint density at radius 3 is 2.50 bits per heavy atom. The van der Waals surface area contributed by atoms with Gasteiger partial charge in [0.15, 0.2) is 0 Å². The highest BCUT2D eigenvalue weighted by Crippen LogP contribution is 2.49. The van der Waals surface area contributed by atoms with Crippen LogP contribution >= 0.6 is 0 Å². The number of ether oxygens (including phenoxy) is 1. The molecule has 1 aliphatic carbocycles. The van der Waals surface area contributed by atoms with Gasteiger partial charge in [-0.1, -0.05) is 29.8 Å². The Morgan fingerprint density at radius 2 is 1.88 bits per heavy atom. The molecule has 0 aliphatic heterocycles. The summed E-state index contributed by atoms with van der Waals surface area (Å²) in [4.78, 5) is 23.2. The number of carboxylic acids is 1. The highest BCUT2D eigenvalue weighted by molar-refractivity contribution is 6.01. The van der Waals surface area contributed by atoms with E-state index in [1.165, 1.54) is 0 Å². The fourth-order valence-electron chi connectivity index (χ4n) is 3.01. The van der Waals surface area contributed by atoms with E-state index in [2.05, 4.69) is 11.4 Å². The Balaban J connectivity index is 1.57. The number of carbonyl (C=O) groups is 2. The van der Waals surface area contributed by atoms with Gasteiger partial charge >= 0.3 is 5.97 Å². The fraction of sp³-hybridized carbons (Fsp3) is 0.333. The number of anilines is 1. The molecule has 2 N–H and O–H groups in total. The minimum Gasteiger partial charge on any atom is -0.494 e. The third-order valence-electron chi connectivity index (χ3n) is 4.67. The van der Waals surface area contributed by atoms with Crippen molar-refractivity contribution in [3.05, 3.63) is 59.7 Å². The molecule has 0 atom stereocenters. The molecule has 0 radical (unpaired) electrons. The van der Waals surface area contributed by atoms with E-state index < -0.39 is 11.4 Å². The third kappa shape index (κ3) is 4.23. The van der Waals surface area contributed by atoms with Gasteiger partial charge in [0.05, 0.1) is 12.0 Å². The summed E-state index contributed by atoms with van der Waals surface area (Å²) in [7, 11) is 0. The molecule has 0 heterocycles. The standard InChI is InChI=1S/C21H23NO4/c1-15-4-2-5-16(14-15)21(11-12-21)20(25)22-17-7-9-18(10-8-17)26-13-3-6-19(23)24/h2,4-5,7-10,14H,3,6,11-13H2,1H3,(H,22,25)(H,23,24). The minimum absolute atomic E-state index is 0.0261. The molecule has 3 rings (SSSR count). The van der Waals surface area contributed by atoms with Crippen LogP contribution in [-0.2, 0) is 15.0 Å². The summed E-state index contributed by atoms with van der Waals surface area (Å²) >= 11 is 0. The van der Waals surface area contributed by atoms with Gasteiger partial charge in [0.25, 0.3) is 0 Å². The molecule has 0 aromatic heterocycles.